The third-order valence-corrected chi connectivity index (χ3v) is 6.05. The molecule has 0 bridgehead atoms. The highest BCUT2D eigenvalue weighted by Crippen LogP contribution is 2.29. The summed E-state index contributed by atoms with van der Waals surface area (Å²) in [4.78, 5) is 21.2. The Morgan fingerprint density at radius 3 is 2.60 bits per heavy atom. The van der Waals surface area contributed by atoms with E-state index in [2.05, 4.69) is 25.9 Å². The zero-order valence-corrected chi connectivity index (χ0v) is 16.8. The summed E-state index contributed by atoms with van der Waals surface area (Å²) in [5.74, 6) is 1.18. The number of furan rings is 1. The Hall–Kier alpha value is -2.65. The van der Waals surface area contributed by atoms with Crippen LogP contribution in [-0.2, 0) is 9.47 Å². The van der Waals surface area contributed by atoms with Crippen molar-refractivity contribution in [2.24, 2.45) is 0 Å². The lowest BCUT2D eigenvalue weighted by Gasteiger charge is -2.24. The van der Waals surface area contributed by atoms with Crippen LogP contribution in [0.15, 0.2) is 35.1 Å². The topological polar surface area (TPSA) is 111 Å². The van der Waals surface area contributed by atoms with E-state index in [0.717, 1.165) is 12.8 Å². The summed E-state index contributed by atoms with van der Waals surface area (Å²) in [5.41, 5.74) is 0.708. The predicted molar refractivity (Wildman–Crippen MR) is 109 cm³/mol. The summed E-state index contributed by atoms with van der Waals surface area (Å²) in [7, 11) is 0. The van der Waals surface area contributed by atoms with Crippen molar-refractivity contribution >= 4 is 12.0 Å². The van der Waals surface area contributed by atoms with E-state index in [0.29, 0.717) is 30.6 Å². The number of carbonyl (C=O) groups excluding carboxylic acids is 1. The zero-order valence-electron chi connectivity index (χ0n) is 16.8. The minimum atomic E-state index is -0.187. The van der Waals surface area contributed by atoms with Crippen LogP contribution in [0.4, 0.5) is 10.7 Å². The first-order chi connectivity index (χ1) is 14.8. The second-order valence-electron chi connectivity index (χ2n) is 8.15. The lowest BCUT2D eigenvalue weighted by Crippen LogP contribution is -2.51. The number of nitrogens with one attached hydrogen (secondary N) is 3. The molecule has 1 aliphatic carbocycles. The summed E-state index contributed by atoms with van der Waals surface area (Å²) in [6.45, 7) is 0.894. The second-order valence-corrected chi connectivity index (χ2v) is 8.15. The largest absolute Gasteiger partial charge is 0.463 e. The number of anilines is 1. The Morgan fingerprint density at radius 2 is 1.80 bits per heavy atom. The van der Waals surface area contributed by atoms with Gasteiger partial charge in [0, 0.05) is 12.2 Å². The summed E-state index contributed by atoms with van der Waals surface area (Å²) < 4.78 is 17.3. The molecule has 4 unspecified atom stereocenters. The van der Waals surface area contributed by atoms with E-state index in [1.165, 1.54) is 19.3 Å². The number of carbonyl (C=O) groups is 1. The highest BCUT2D eigenvalue weighted by atomic mass is 16.6. The fraction of sp³-hybridized carbons (Fsp3) is 0.571. The molecule has 0 radical (unpaired) electrons. The number of nitrogens with zero attached hydrogens (tertiary/aromatic N) is 2. The number of hydrogen-bond acceptors (Lipinski definition) is 7. The van der Waals surface area contributed by atoms with E-state index in [4.69, 9.17) is 13.9 Å². The maximum Gasteiger partial charge on any atom is 0.315 e. The number of ether oxygens (including phenoxy) is 2. The molecule has 160 valence electrons. The molecule has 2 aromatic heterocycles. The molecule has 9 heteroatoms. The number of fused-ring (bicyclic) bond motifs is 1. The van der Waals surface area contributed by atoms with E-state index in [9.17, 15) is 4.79 Å². The molecular weight excluding hydrogens is 386 g/mol. The van der Waals surface area contributed by atoms with Gasteiger partial charge >= 0.3 is 6.03 Å². The molecule has 30 heavy (non-hydrogen) atoms. The van der Waals surface area contributed by atoms with Crippen molar-refractivity contribution < 1.29 is 18.7 Å². The van der Waals surface area contributed by atoms with Gasteiger partial charge in [-0.05, 0) is 31.0 Å². The molecule has 2 amide bonds. The van der Waals surface area contributed by atoms with Gasteiger partial charge in [0.05, 0.1) is 31.6 Å². The van der Waals surface area contributed by atoms with Crippen LogP contribution in [0.3, 0.4) is 0 Å². The quantitative estimate of drug-likeness (QED) is 0.690. The van der Waals surface area contributed by atoms with Gasteiger partial charge in [-0.1, -0.05) is 19.3 Å². The highest BCUT2D eigenvalue weighted by molar-refractivity contribution is 5.74. The number of amides is 2. The molecule has 2 aliphatic heterocycles. The molecule has 0 spiro atoms. The van der Waals surface area contributed by atoms with Crippen molar-refractivity contribution in [1.82, 2.24) is 20.6 Å². The SMILES string of the molecule is O=C(NC1CCCCC1)NC1COC2C(Nc3nccc(-c4ccco4)n3)COC12. The third kappa shape index (κ3) is 4.13. The molecule has 4 atom stereocenters. The van der Waals surface area contributed by atoms with Gasteiger partial charge in [-0.2, -0.15) is 0 Å². The second kappa shape index (κ2) is 8.61. The molecule has 3 N–H and O–H groups in total. The van der Waals surface area contributed by atoms with Gasteiger partial charge in [0.25, 0.3) is 0 Å². The van der Waals surface area contributed by atoms with Crippen molar-refractivity contribution in [1.29, 1.82) is 0 Å². The van der Waals surface area contributed by atoms with Gasteiger partial charge in [-0.25, -0.2) is 14.8 Å². The van der Waals surface area contributed by atoms with Crippen LogP contribution < -0.4 is 16.0 Å². The first kappa shape index (κ1) is 19.3. The van der Waals surface area contributed by atoms with E-state index in [1.54, 1.807) is 18.5 Å². The van der Waals surface area contributed by atoms with E-state index < -0.39 is 0 Å². The Labute approximate surface area is 174 Å². The normalized spacial score (nSPS) is 28.8. The first-order valence-corrected chi connectivity index (χ1v) is 10.7. The van der Waals surface area contributed by atoms with Crippen molar-refractivity contribution in [2.75, 3.05) is 18.5 Å². The van der Waals surface area contributed by atoms with E-state index in [1.807, 2.05) is 12.1 Å². The first-order valence-electron chi connectivity index (χ1n) is 10.7. The molecule has 2 aromatic rings. The molecule has 3 aliphatic rings. The Bertz CT molecular complexity index is 855. The molecule has 0 aromatic carbocycles. The minimum Gasteiger partial charge on any atom is -0.463 e. The van der Waals surface area contributed by atoms with Gasteiger partial charge < -0.3 is 29.8 Å². The average molecular weight is 413 g/mol. The maximum absolute atomic E-state index is 12.4. The molecular formula is C21H27N5O4. The fourth-order valence-electron chi connectivity index (χ4n) is 4.54. The maximum atomic E-state index is 12.4. The van der Waals surface area contributed by atoms with Crippen molar-refractivity contribution in [3.05, 3.63) is 30.7 Å². The third-order valence-electron chi connectivity index (χ3n) is 6.05. The van der Waals surface area contributed by atoms with Crippen LogP contribution in [-0.4, -0.2) is 59.5 Å². The molecule has 2 saturated heterocycles. The monoisotopic (exact) mass is 413 g/mol. The predicted octanol–water partition coefficient (Wildman–Crippen LogP) is 2.32. The van der Waals surface area contributed by atoms with Crippen LogP contribution in [0, 0.1) is 0 Å². The van der Waals surface area contributed by atoms with Crippen LogP contribution in [0.5, 0.6) is 0 Å². The van der Waals surface area contributed by atoms with Crippen LogP contribution >= 0.6 is 0 Å². The molecule has 1 saturated carbocycles. The van der Waals surface area contributed by atoms with Crippen molar-refractivity contribution in [3.8, 4) is 11.5 Å². The van der Waals surface area contributed by atoms with E-state index >= 15 is 0 Å². The molecule has 3 fully saturated rings. The summed E-state index contributed by atoms with van der Waals surface area (Å²) in [6.07, 6.45) is 8.69. The van der Waals surface area contributed by atoms with Gasteiger partial charge in [0.1, 0.15) is 17.9 Å². The van der Waals surface area contributed by atoms with Crippen LogP contribution in [0.25, 0.3) is 11.5 Å². The van der Waals surface area contributed by atoms with Gasteiger partial charge in [0.2, 0.25) is 5.95 Å². The minimum absolute atomic E-state index is 0.0879. The summed E-state index contributed by atoms with van der Waals surface area (Å²) >= 11 is 0. The summed E-state index contributed by atoms with van der Waals surface area (Å²) in [5, 5.41) is 9.44. The Balaban J connectivity index is 1.17. The number of rotatable bonds is 5. The fourth-order valence-corrected chi connectivity index (χ4v) is 4.54. The number of aromatic nitrogens is 2. The number of hydrogen-bond donors (Lipinski definition) is 3. The van der Waals surface area contributed by atoms with Crippen LogP contribution in [0.2, 0.25) is 0 Å². The van der Waals surface area contributed by atoms with E-state index in [-0.39, 0.29) is 36.4 Å². The average Bonchev–Trinajstić information content (AvgIpc) is 3.50. The van der Waals surface area contributed by atoms with Crippen molar-refractivity contribution in [3.63, 3.8) is 0 Å². The standard InChI is InChI=1S/C21H27N5O4/c27-21(23-13-5-2-1-3-6-13)26-16-12-30-18-15(11-29-19(16)18)25-20-22-9-8-14(24-20)17-7-4-10-28-17/h4,7-10,13,15-16,18-19H,1-3,5-6,11-12H2,(H,22,24,25)(H2,23,26,27). The lowest BCUT2D eigenvalue weighted by molar-refractivity contribution is 0.0681. The van der Waals surface area contributed by atoms with Gasteiger partial charge in [0.15, 0.2) is 5.76 Å². The molecule has 4 heterocycles. The summed E-state index contributed by atoms with van der Waals surface area (Å²) in [6, 6.07) is 5.37. The molecule has 5 rings (SSSR count). The van der Waals surface area contributed by atoms with Gasteiger partial charge in [-0.15, -0.1) is 0 Å². The zero-order chi connectivity index (χ0) is 20.3. The number of urea groups is 1. The van der Waals surface area contributed by atoms with Crippen LogP contribution in [0.1, 0.15) is 32.1 Å². The highest BCUT2D eigenvalue weighted by Gasteiger charge is 2.48. The smallest absolute Gasteiger partial charge is 0.315 e. The Morgan fingerprint density at radius 1 is 1.00 bits per heavy atom. The lowest BCUT2D eigenvalue weighted by atomic mass is 9.96. The Kier molecular flexibility index (Phi) is 5.54. The van der Waals surface area contributed by atoms with Gasteiger partial charge in [-0.3, -0.25) is 0 Å². The molecule has 9 nitrogen and oxygen atoms in total. The van der Waals surface area contributed by atoms with Crippen molar-refractivity contribution in [2.45, 2.75) is 62.4 Å².